The van der Waals surface area contributed by atoms with Gasteiger partial charge in [-0.05, 0) is 74.4 Å². The Morgan fingerprint density at radius 1 is 1.26 bits per heavy atom. The molecule has 10 heteroatoms. The van der Waals surface area contributed by atoms with Crippen molar-refractivity contribution in [1.82, 2.24) is 14.6 Å². The molecule has 0 unspecified atom stereocenters. The lowest BCUT2D eigenvalue weighted by Gasteiger charge is -2.26. The summed E-state index contributed by atoms with van der Waals surface area (Å²) in [5.74, 6) is 0.687. The molecular weight excluding hydrogens is 520 g/mol. The number of morpholine rings is 1. The molecule has 1 aromatic heterocycles. The van der Waals surface area contributed by atoms with Gasteiger partial charge in [0.1, 0.15) is 16.8 Å². The van der Waals surface area contributed by atoms with Crippen LogP contribution in [0.1, 0.15) is 50.0 Å². The van der Waals surface area contributed by atoms with Crippen molar-refractivity contribution in [3.63, 3.8) is 0 Å². The minimum absolute atomic E-state index is 0.00845. The molecule has 0 spiro atoms. The fraction of sp³-hybridized carbons (Fsp3) is 0.500. The summed E-state index contributed by atoms with van der Waals surface area (Å²) in [6, 6.07) is 7.68. The van der Waals surface area contributed by atoms with Crippen LogP contribution in [0, 0.1) is 11.3 Å². The molecule has 38 heavy (non-hydrogen) atoms. The summed E-state index contributed by atoms with van der Waals surface area (Å²) in [7, 11) is -3.39. The van der Waals surface area contributed by atoms with Crippen LogP contribution in [0.2, 0.25) is 0 Å². The van der Waals surface area contributed by atoms with Crippen molar-refractivity contribution in [2.45, 2.75) is 51.7 Å². The molecule has 5 rings (SSSR count). The van der Waals surface area contributed by atoms with Crippen molar-refractivity contribution >= 4 is 26.9 Å². The zero-order chi connectivity index (χ0) is 26.7. The summed E-state index contributed by atoms with van der Waals surface area (Å²) < 4.78 is 39.9. The summed E-state index contributed by atoms with van der Waals surface area (Å²) in [5, 5.41) is 10.5. The highest BCUT2D eigenvalue weighted by Crippen LogP contribution is 2.44. The first-order valence-electron chi connectivity index (χ1n) is 13.2. The highest BCUT2D eigenvalue weighted by Gasteiger charge is 2.33. The van der Waals surface area contributed by atoms with Gasteiger partial charge in [0.2, 0.25) is 10.0 Å². The fourth-order valence-corrected chi connectivity index (χ4v) is 7.62. The van der Waals surface area contributed by atoms with Crippen LogP contribution in [0.15, 0.2) is 41.6 Å². The predicted molar refractivity (Wildman–Crippen MR) is 149 cm³/mol. The van der Waals surface area contributed by atoms with E-state index in [1.165, 1.54) is 11.1 Å². The fourth-order valence-electron chi connectivity index (χ4n) is 5.31. The number of benzene rings is 1. The normalized spacial score (nSPS) is 20.4. The molecule has 0 bridgehead atoms. The molecule has 1 saturated heterocycles. The Hall–Kier alpha value is -2.55. The number of rotatable bonds is 9. The first-order chi connectivity index (χ1) is 18.3. The second kappa shape index (κ2) is 11.7. The zero-order valence-electron chi connectivity index (χ0n) is 21.9. The van der Waals surface area contributed by atoms with E-state index in [2.05, 4.69) is 26.8 Å². The van der Waals surface area contributed by atoms with Gasteiger partial charge in [0.15, 0.2) is 0 Å². The lowest BCUT2D eigenvalue weighted by Crippen LogP contribution is -2.42. The van der Waals surface area contributed by atoms with Gasteiger partial charge < -0.3 is 9.47 Å². The molecule has 202 valence electrons. The van der Waals surface area contributed by atoms with Crippen LogP contribution in [0.5, 0.6) is 5.75 Å². The van der Waals surface area contributed by atoms with E-state index < -0.39 is 10.0 Å². The second-order valence-electron chi connectivity index (χ2n) is 10.2. The van der Waals surface area contributed by atoms with E-state index in [9.17, 15) is 13.7 Å². The van der Waals surface area contributed by atoms with Crippen molar-refractivity contribution in [3.05, 3.63) is 52.1 Å². The van der Waals surface area contributed by atoms with Crippen molar-refractivity contribution in [1.29, 1.82) is 5.26 Å². The Morgan fingerprint density at radius 3 is 2.84 bits per heavy atom. The minimum atomic E-state index is -3.39. The molecule has 0 radical (unpaired) electrons. The average Bonchev–Trinajstić information content (AvgIpc) is 3.56. The summed E-state index contributed by atoms with van der Waals surface area (Å²) in [6.45, 7) is 7.30. The van der Waals surface area contributed by atoms with Gasteiger partial charge in [0, 0.05) is 37.4 Å². The molecule has 2 fully saturated rings. The maximum atomic E-state index is 12.9. The Balaban J connectivity index is 1.30. The molecule has 2 aromatic rings. The zero-order valence-corrected chi connectivity index (χ0v) is 23.5. The molecular formula is C28H34N4O4S2. The molecule has 3 aliphatic rings. The van der Waals surface area contributed by atoms with Crippen LogP contribution in [-0.2, 0) is 14.8 Å². The monoisotopic (exact) mass is 554 g/mol. The molecule has 8 nitrogen and oxygen atoms in total. The van der Waals surface area contributed by atoms with Crippen molar-refractivity contribution in [2.75, 3.05) is 38.6 Å². The van der Waals surface area contributed by atoms with Crippen molar-refractivity contribution < 1.29 is 17.9 Å². The third-order valence-electron chi connectivity index (χ3n) is 7.14. The van der Waals surface area contributed by atoms with Gasteiger partial charge in [-0.3, -0.25) is 4.90 Å². The highest BCUT2D eigenvalue weighted by atomic mass is 32.2. The van der Waals surface area contributed by atoms with E-state index in [4.69, 9.17) is 9.47 Å². The number of hydrogen-bond acceptors (Lipinski definition) is 8. The molecule has 2 aliphatic carbocycles. The van der Waals surface area contributed by atoms with E-state index in [1.54, 1.807) is 11.3 Å². The first-order valence-corrected chi connectivity index (χ1v) is 15.7. The highest BCUT2D eigenvalue weighted by molar-refractivity contribution is 7.89. The number of allylic oxidation sites excluding steroid dienone is 2. The molecule has 1 N–H and O–H groups in total. The number of sulfonamides is 1. The van der Waals surface area contributed by atoms with Gasteiger partial charge >= 0.3 is 0 Å². The van der Waals surface area contributed by atoms with E-state index in [0.717, 1.165) is 59.8 Å². The lowest BCUT2D eigenvalue weighted by atomic mass is 9.91. The molecule has 1 aliphatic heterocycles. The second-order valence-corrected chi connectivity index (χ2v) is 13.1. The van der Waals surface area contributed by atoms with Gasteiger partial charge in [0.25, 0.3) is 0 Å². The number of thiazole rings is 1. The number of nitriles is 1. The maximum absolute atomic E-state index is 12.9. The van der Waals surface area contributed by atoms with Gasteiger partial charge in [-0.1, -0.05) is 6.08 Å². The van der Waals surface area contributed by atoms with E-state index >= 15 is 0 Å². The van der Waals surface area contributed by atoms with Crippen LogP contribution >= 0.6 is 11.3 Å². The van der Waals surface area contributed by atoms with Gasteiger partial charge in [-0.2, -0.15) is 5.26 Å². The molecule has 1 aromatic carbocycles. The molecule has 2 heterocycles. The number of nitrogens with one attached hydrogen (secondary N) is 1. The molecule has 1 saturated carbocycles. The third-order valence-corrected chi connectivity index (χ3v) is 9.61. The standard InChI is InChI=1S/C28H34N4O4S2/c1-19(2)36-26-9-6-20(16-21(26)17-29)28-30-18-27(37-28)24-5-3-4-23-22(24)7-8-25(23)31-38(33,34)15-12-32-10-13-35-14-11-32/h4,6,9,16,18-19,25,31H,3,5,7-8,10-15H2,1-2H3/t25-/m0/s1. The van der Waals surface area contributed by atoms with E-state index in [1.807, 2.05) is 38.2 Å². The van der Waals surface area contributed by atoms with E-state index in [0.29, 0.717) is 31.1 Å². The van der Waals surface area contributed by atoms with Gasteiger partial charge in [-0.15, -0.1) is 11.3 Å². The number of fused-ring (bicyclic) bond motifs is 1. The van der Waals surface area contributed by atoms with Crippen molar-refractivity contribution in [3.8, 4) is 22.4 Å². The van der Waals surface area contributed by atoms with Crippen LogP contribution < -0.4 is 9.46 Å². The Kier molecular flexibility index (Phi) is 8.31. The van der Waals surface area contributed by atoms with Gasteiger partial charge in [-0.25, -0.2) is 18.1 Å². The van der Waals surface area contributed by atoms with Crippen LogP contribution in [0.4, 0.5) is 0 Å². The number of nitrogens with zero attached hydrogens (tertiary/aromatic N) is 3. The largest absolute Gasteiger partial charge is 0.490 e. The quantitative estimate of drug-likeness (QED) is 0.491. The average molecular weight is 555 g/mol. The number of aromatic nitrogens is 1. The number of hydrogen-bond donors (Lipinski definition) is 1. The Bertz CT molecular complexity index is 1380. The van der Waals surface area contributed by atoms with Crippen LogP contribution in [-0.4, -0.2) is 69.0 Å². The predicted octanol–water partition coefficient (Wildman–Crippen LogP) is 4.36. The first kappa shape index (κ1) is 27.0. The van der Waals surface area contributed by atoms with Crippen molar-refractivity contribution in [2.24, 2.45) is 0 Å². The summed E-state index contributed by atoms with van der Waals surface area (Å²) in [4.78, 5) is 7.93. The third kappa shape index (κ3) is 6.19. The SMILES string of the molecule is CC(C)Oc1ccc(-c2ncc(C3=C4CC[C@H](NS(=O)(=O)CCN5CCOCC5)C4=CCC3)s2)cc1C#N. The van der Waals surface area contributed by atoms with Crippen LogP contribution in [0.3, 0.4) is 0 Å². The topological polar surface area (TPSA) is 105 Å². The summed E-state index contributed by atoms with van der Waals surface area (Å²) >= 11 is 1.62. The molecule has 1 atom stereocenters. The lowest BCUT2D eigenvalue weighted by molar-refractivity contribution is 0.0408. The maximum Gasteiger partial charge on any atom is 0.213 e. The Morgan fingerprint density at radius 2 is 2.08 bits per heavy atom. The Labute approximate surface area is 229 Å². The van der Waals surface area contributed by atoms with Gasteiger partial charge in [0.05, 0.1) is 35.5 Å². The number of ether oxygens (including phenoxy) is 2. The molecule has 0 amide bonds. The van der Waals surface area contributed by atoms with E-state index in [-0.39, 0.29) is 17.9 Å². The smallest absolute Gasteiger partial charge is 0.213 e. The minimum Gasteiger partial charge on any atom is -0.490 e. The summed E-state index contributed by atoms with van der Waals surface area (Å²) in [6.07, 6.45) is 7.53. The summed E-state index contributed by atoms with van der Waals surface area (Å²) in [5.41, 5.74) is 5.03. The van der Waals surface area contributed by atoms with Crippen LogP contribution in [0.25, 0.3) is 16.1 Å².